The first-order valence-corrected chi connectivity index (χ1v) is 9.65. The smallest absolute Gasteiger partial charge is 0.305 e. The number of hydrogen-bond acceptors (Lipinski definition) is 3. The van der Waals surface area contributed by atoms with E-state index < -0.39 is 0 Å². The molecule has 6 nitrogen and oxygen atoms in total. The monoisotopic (exact) mass is 414 g/mol. The molecule has 0 radical (unpaired) electrons. The Morgan fingerprint density at radius 2 is 2.08 bits per heavy atom. The van der Waals surface area contributed by atoms with Crippen molar-refractivity contribution in [3.05, 3.63) is 22.4 Å². The number of carbonyl (C=O) groups is 1. The summed E-state index contributed by atoms with van der Waals surface area (Å²) in [5.74, 6) is 0.804. The highest BCUT2D eigenvalue weighted by Gasteiger charge is 2.09. The van der Waals surface area contributed by atoms with Crippen molar-refractivity contribution in [2.45, 2.75) is 45.6 Å². The molecule has 1 rings (SSSR count). The summed E-state index contributed by atoms with van der Waals surface area (Å²) in [4.78, 5) is 17.7. The first-order valence-electron chi connectivity index (χ1n) is 8.86. The quantitative estimate of drug-likeness (QED) is 0.276. The molecule has 0 aromatic carbocycles. The number of unbranched alkanes of at least 4 members (excludes halogenated alkanes) is 3. The maximum Gasteiger partial charge on any atom is 0.305 e. The Bertz CT molecular complexity index is 557. The minimum atomic E-state index is -0.0880. The van der Waals surface area contributed by atoms with Gasteiger partial charge in [-0.05, 0) is 41.8 Å². The van der Waals surface area contributed by atoms with Crippen LogP contribution in [0.5, 0.6) is 0 Å². The minimum absolute atomic E-state index is 0.0880. The van der Waals surface area contributed by atoms with Gasteiger partial charge in [-0.3, -0.25) is 9.79 Å². The van der Waals surface area contributed by atoms with E-state index in [-0.39, 0.29) is 5.97 Å². The average molecular weight is 415 g/mol. The van der Waals surface area contributed by atoms with Gasteiger partial charge in [0.25, 0.3) is 0 Å². The number of hydrogen-bond donors (Lipinski definition) is 1. The van der Waals surface area contributed by atoms with Gasteiger partial charge in [-0.2, -0.15) is 0 Å². The van der Waals surface area contributed by atoms with Crippen LogP contribution in [0.1, 0.15) is 44.7 Å². The van der Waals surface area contributed by atoms with E-state index >= 15 is 0 Å². The van der Waals surface area contributed by atoms with Crippen LogP contribution in [0.25, 0.3) is 0 Å². The summed E-state index contributed by atoms with van der Waals surface area (Å²) in [6.45, 7) is 3.98. The maximum absolute atomic E-state index is 11.3. The minimum Gasteiger partial charge on any atom is -0.466 e. The van der Waals surface area contributed by atoms with Crippen LogP contribution in [0.15, 0.2) is 21.7 Å². The number of carbonyl (C=O) groups excluding carboxylic acids is 1. The second kappa shape index (κ2) is 12.0. The van der Waals surface area contributed by atoms with Gasteiger partial charge in [0.05, 0.1) is 13.2 Å². The number of nitrogens with zero attached hydrogens (tertiary/aromatic N) is 3. The fraction of sp³-hybridized carbons (Fsp3) is 0.667. The van der Waals surface area contributed by atoms with Crippen LogP contribution < -0.4 is 5.32 Å². The van der Waals surface area contributed by atoms with Gasteiger partial charge in [0, 0.05) is 50.5 Å². The van der Waals surface area contributed by atoms with Crippen molar-refractivity contribution in [2.24, 2.45) is 12.0 Å². The van der Waals surface area contributed by atoms with Gasteiger partial charge in [-0.1, -0.05) is 12.8 Å². The maximum atomic E-state index is 11.3. The van der Waals surface area contributed by atoms with Gasteiger partial charge < -0.3 is 19.5 Å². The van der Waals surface area contributed by atoms with Crippen LogP contribution in [-0.2, 0) is 23.1 Å². The summed E-state index contributed by atoms with van der Waals surface area (Å²) in [6.07, 6.45) is 6.68. The number of halogens is 1. The van der Waals surface area contributed by atoms with Crippen molar-refractivity contribution in [1.29, 1.82) is 0 Å². The molecule has 0 unspecified atom stereocenters. The molecule has 0 saturated heterocycles. The fourth-order valence-electron chi connectivity index (χ4n) is 2.61. The van der Waals surface area contributed by atoms with Crippen molar-refractivity contribution < 1.29 is 9.53 Å². The predicted molar refractivity (Wildman–Crippen MR) is 106 cm³/mol. The van der Waals surface area contributed by atoms with Gasteiger partial charge in [-0.25, -0.2) is 0 Å². The van der Waals surface area contributed by atoms with Crippen LogP contribution >= 0.6 is 15.9 Å². The van der Waals surface area contributed by atoms with Gasteiger partial charge >= 0.3 is 5.97 Å². The van der Waals surface area contributed by atoms with Crippen LogP contribution in [0, 0.1) is 0 Å². The molecule has 0 fully saturated rings. The molecule has 1 aromatic rings. The van der Waals surface area contributed by atoms with Crippen LogP contribution in [-0.4, -0.2) is 48.6 Å². The summed E-state index contributed by atoms with van der Waals surface area (Å²) < 4.78 is 8.12. The van der Waals surface area contributed by atoms with E-state index in [1.807, 2.05) is 21.0 Å². The number of ether oxygens (including phenoxy) is 1. The molecular formula is C18H31BrN4O2. The molecule has 7 heteroatoms. The number of aromatic nitrogens is 1. The van der Waals surface area contributed by atoms with E-state index in [4.69, 9.17) is 4.74 Å². The van der Waals surface area contributed by atoms with Crippen molar-refractivity contribution in [3.8, 4) is 0 Å². The Morgan fingerprint density at radius 1 is 1.36 bits per heavy atom. The van der Waals surface area contributed by atoms with Gasteiger partial charge in [0.15, 0.2) is 5.96 Å². The van der Waals surface area contributed by atoms with E-state index in [9.17, 15) is 4.79 Å². The number of aliphatic imine (C=N–C) groups is 1. The second-order valence-corrected chi connectivity index (χ2v) is 6.98. The van der Waals surface area contributed by atoms with E-state index in [1.54, 1.807) is 7.05 Å². The summed E-state index contributed by atoms with van der Waals surface area (Å²) in [6, 6.07) is 2.12. The summed E-state index contributed by atoms with van der Waals surface area (Å²) in [5, 5.41) is 3.40. The lowest BCUT2D eigenvalue weighted by atomic mass is 10.1. The van der Waals surface area contributed by atoms with Crippen LogP contribution in [0.4, 0.5) is 0 Å². The fourth-order valence-corrected chi connectivity index (χ4v) is 3.18. The Morgan fingerprint density at radius 3 is 2.68 bits per heavy atom. The zero-order chi connectivity index (χ0) is 18.7. The highest BCUT2D eigenvalue weighted by molar-refractivity contribution is 9.10. The topological polar surface area (TPSA) is 58.9 Å². The van der Waals surface area contributed by atoms with Gasteiger partial charge in [0.1, 0.15) is 0 Å². The van der Waals surface area contributed by atoms with Crippen LogP contribution in [0.3, 0.4) is 0 Å². The van der Waals surface area contributed by atoms with E-state index in [2.05, 4.69) is 48.0 Å². The highest BCUT2D eigenvalue weighted by Crippen LogP contribution is 2.15. The molecule has 142 valence electrons. The Balaban J connectivity index is 2.21. The lowest BCUT2D eigenvalue weighted by molar-refractivity contribution is -0.143. The Kier molecular flexibility index (Phi) is 10.3. The number of nitrogens with one attached hydrogen (secondary N) is 1. The van der Waals surface area contributed by atoms with Crippen molar-refractivity contribution in [1.82, 2.24) is 14.8 Å². The third-order valence-electron chi connectivity index (χ3n) is 3.94. The Labute approximate surface area is 159 Å². The highest BCUT2D eigenvalue weighted by atomic mass is 79.9. The normalized spacial score (nSPS) is 11.5. The van der Waals surface area contributed by atoms with E-state index in [1.165, 1.54) is 5.69 Å². The second-order valence-electron chi connectivity index (χ2n) is 6.06. The lowest BCUT2D eigenvalue weighted by Gasteiger charge is -2.22. The lowest BCUT2D eigenvalue weighted by Crippen LogP contribution is -2.39. The number of esters is 1. The summed E-state index contributed by atoms with van der Waals surface area (Å²) >= 11 is 3.50. The van der Waals surface area contributed by atoms with Crippen LogP contribution in [0.2, 0.25) is 0 Å². The zero-order valence-corrected chi connectivity index (χ0v) is 17.4. The number of aryl methyl sites for hydroxylation is 1. The van der Waals surface area contributed by atoms with E-state index in [0.717, 1.165) is 49.2 Å². The SMILES string of the molecule is CCOC(=O)CCCCCCNC(=NC)N(C)Cc1cc(Br)cn1C. The molecule has 0 aliphatic heterocycles. The number of guanidine groups is 1. The number of rotatable bonds is 10. The molecule has 1 aromatic heterocycles. The molecule has 0 bridgehead atoms. The molecular weight excluding hydrogens is 384 g/mol. The third kappa shape index (κ3) is 8.43. The third-order valence-corrected chi connectivity index (χ3v) is 4.38. The molecule has 0 saturated carbocycles. The molecule has 1 heterocycles. The largest absolute Gasteiger partial charge is 0.466 e. The molecule has 0 atom stereocenters. The Hall–Kier alpha value is -1.50. The molecule has 0 aliphatic rings. The summed E-state index contributed by atoms with van der Waals surface area (Å²) in [7, 11) is 5.88. The zero-order valence-electron chi connectivity index (χ0n) is 15.8. The van der Waals surface area contributed by atoms with Gasteiger partial charge in [-0.15, -0.1) is 0 Å². The van der Waals surface area contributed by atoms with Crippen molar-refractivity contribution in [3.63, 3.8) is 0 Å². The van der Waals surface area contributed by atoms with Gasteiger partial charge in [0.2, 0.25) is 0 Å². The van der Waals surface area contributed by atoms with Crippen molar-refractivity contribution >= 4 is 27.9 Å². The molecule has 25 heavy (non-hydrogen) atoms. The predicted octanol–water partition coefficient (Wildman–Crippen LogP) is 3.31. The standard InChI is InChI=1S/C18H31BrN4O2/c1-5-25-17(24)10-8-6-7-9-11-21-18(20-2)23(4)14-16-12-15(19)13-22(16)3/h12-13H,5-11,14H2,1-4H3,(H,20,21). The van der Waals surface area contributed by atoms with Crippen molar-refractivity contribution in [2.75, 3.05) is 27.2 Å². The summed E-state index contributed by atoms with van der Waals surface area (Å²) in [5.41, 5.74) is 1.22. The first kappa shape index (κ1) is 21.5. The molecule has 0 amide bonds. The molecule has 1 N–H and O–H groups in total. The average Bonchev–Trinajstić information content (AvgIpc) is 2.87. The molecule has 0 spiro atoms. The van der Waals surface area contributed by atoms with E-state index in [0.29, 0.717) is 13.0 Å². The molecule has 0 aliphatic carbocycles. The first-order chi connectivity index (χ1) is 12.0.